The average molecular weight is 441 g/mol. The van der Waals surface area contributed by atoms with E-state index in [2.05, 4.69) is 34.3 Å². The van der Waals surface area contributed by atoms with Crippen LogP contribution in [0.4, 0.5) is 11.4 Å². The van der Waals surface area contributed by atoms with E-state index >= 15 is 0 Å². The summed E-state index contributed by atoms with van der Waals surface area (Å²) in [4.78, 5) is 12.3. The van der Waals surface area contributed by atoms with Gasteiger partial charge >= 0.3 is 0 Å². The summed E-state index contributed by atoms with van der Waals surface area (Å²) >= 11 is 1.53. The summed E-state index contributed by atoms with van der Waals surface area (Å²) in [5.41, 5.74) is 4.42. The van der Waals surface area contributed by atoms with Gasteiger partial charge in [-0.25, -0.2) is 8.42 Å². The Balaban J connectivity index is 1.53. The highest BCUT2D eigenvalue weighted by Gasteiger charge is 2.14. The van der Waals surface area contributed by atoms with Crippen LogP contribution in [-0.4, -0.2) is 20.1 Å². The molecule has 3 rings (SSSR count). The Morgan fingerprint density at radius 1 is 0.867 bits per heavy atom. The Labute approximate surface area is 182 Å². The van der Waals surface area contributed by atoms with Gasteiger partial charge in [-0.3, -0.25) is 9.52 Å². The zero-order valence-corrected chi connectivity index (χ0v) is 18.5. The zero-order chi connectivity index (χ0) is 21.6. The van der Waals surface area contributed by atoms with Gasteiger partial charge in [0.2, 0.25) is 5.91 Å². The van der Waals surface area contributed by atoms with Crippen LogP contribution in [0.5, 0.6) is 0 Å². The van der Waals surface area contributed by atoms with Gasteiger partial charge in [0.25, 0.3) is 10.0 Å². The first-order valence-electron chi connectivity index (χ1n) is 9.44. The molecule has 0 heterocycles. The van der Waals surface area contributed by atoms with Crippen LogP contribution in [0.15, 0.2) is 77.7 Å². The van der Waals surface area contributed by atoms with Gasteiger partial charge in [-0.2, -0.15) is 0 Å². The Morgan fingerprint density at radius 3 is 2.23 bits per heavy atom. The SMILES string of the molecule is Cc1ccc(CSCC(=O)Nc2ccc(S(=O)(=O)Nc3cccc(C)c3)cc2)cc1. The second-order valence-electron chi connectivity index (χ2n) is 7.03. The summed E-state index contributed by atoms with van der Waals surface area (Å²) in [5, 5.41) is 2.80. The molecule has 0 aliphatic carbocycles. The smallest absolute Gasteiger partial charge is 0.261 e. The number of amides is 1. The Kier molecular flexibility index (Phi) is 7.18. The topological polar surface area (TPSA) is 75.3 Å². The highest BCUT2D eigenvalue weighted by molar-refractivity contribution is 7.99. The molecule has 0 saturated heterocycles. The van der Waals surface area contributed by atoms with Gasteiger partial charge in [0.1, 0.15) is 0 Å². The highest BCUT2D eigenvalue weighted by Crippen LogP contribution is 2.19. The van der Waals surface area contributed by atoms with E-state index in [1.165, 1.54) is 35.0 Å². The second-order valence-corrected chi connectivity index (χ2v) is 9.69. The number of thioether (sulfide) groups is 1. The van der Waals surface area contributed by atoms with E-state index in [1.54, 1.807) is 30.3 Å². The van der Waals surface area contributed by atoms with E-state index in [4.69, 9.17) is 0 Å². The Hall–Kier alpha value is -2.77. The van der Waals surface area contributed by atoms with E-state index in [0.717, 1.165) is 11.3 Å². The molecule has 0 saturated carbocycles. The molecule has 0 radical (unpaired) electrons. The fraction of sp³-hybridized carbons (Fsp3) is 0.174. The predicted octanol–water partition coefficient (Wildman–Crippen LogP) is 4.98. The normalized spacial score (nSPS) is 11.1. The number of benzene rings is 3. The molecule has 2 N–H and O–H groups in total. The van der Waals surface area contributed by atoms with Gasteiger partial charge in [0.05, 0.1) is 10.6 Å². The first kappa shape index (κ1) is 21.9. The first-order valence-corrected chi connectivity index (χ1v) is 12.1. The van der Waals surface area contributed by atoms with Gasteiger partial charge < -0.3 is 5.32 Å². The summed E-state index contributed by atoms with van der Waals surface area (Å²) in [6.45, 7) is 3.94. The summed E-state index contributed by atoms with van der Waals surface area (Å²) in [7, 11) is -3.69. The minimum atomic E-state index is -3.69. The molecular formula is C23H24N2O3S2. The molecule has 156 valence electrons. The van der Waals surface area contributed by atoms with E-state index in [1.807, 2.05) is 19.9 Å². The van der Waals surface area contributed by atoms with Crippen LogP contribution < -0.4 is 10.0 Å². The molecule has 3 aromatic rings. The number of carbonyl (C=O) groups excluding carboxylic acids is 1. The maximum Gasteiger partial charge on any atom is 0.261 e. The number of carbonyl (C=O) groups is 1. The molecule has 0 bridgehead atoms. The fourth-order valence-corrected chi connectivity index (χ4v) is 4.62. The van der Waals surface area contributed by atoms with Crippen molar-refractivity contribution in [3.63, 3.8) is 0 Å². The minimum Gasteiger partial charge on any atom is -0.325 e. The van der Waals surface area contributed by atoms with Crippen LogP contribution in [0.25, 0.3) is 0 Å². The van der Waals surface area contributed by atoms with Crippen molar-refractivity contribution >= 4 is 39.1 Å². The molecule has 7 heteroatoms. The van der Waals surface area contributed by atoms with Crippen molar-refractivity contribution < 1.29 is 13.2 Å². The molecule has 0 aliphatic heterocycles. The largest absolute Gasteiger partial charge is 0.325 e. The maximum absolute atomic E-state index is 12.5. The molecule has 0 fully saturated rings. The highest BCUT2D eigenvalue weighted by atomic mass is 32.2. The third kappa shape index (κ3) is 6.37. The van der Waals surface area contributed by atoms with Gasteiger partial charge in [-0.05, 0) is 61.4 Å². The number of sulfonamides is 1. The van der Waals surface area contributed by atoms with Gasteiger partial charge in [-0.1, -0.05) is 42.0 Å². The van der Waals surface area contributed by atoms with Crippen LogP contribution in [0, 0.1) is 13.8 Å². The standard InChI is InChI=1S/C23H24N2O3S2/c1-17-6-8-19(9-7-17)15-29-16-23(26)24-20-10-12-22(13-11-20)30(27,28)25-21-5-3-4-18(2)14-21/h3-14,25H,15-16H2,1-2H3,(H,24,26). The van der Waals surface area contributed by atoms with Crippen LogP contribution in [-0.2, 0) is 20.6 Å². The van der Waals surface area contributed by atoms with Crippen molar-refractivity contribution in [3.05, 3.63) is 89.5 Å². The Morgan fingerprint density at radius 2 is 1.57 bits per heavy atom. The van der Waals surface area contributed by atoms with Crippen LogP contribution >= 0.6 is 11.8 Å². The van der Waals surface area contributed by atoms with E-state index in [-0.39, 0.29) is 10.8 Å². The lowest BCUT2D eigenvalue weighted by atomic mass is 10.2. The lowest BCUT2D eigenvalue weighted by Gasteiger charge is -2.10. The molecule has 0 spiro atoms. The van der Waals surface area contributed by atoms with E-state index in [9.17, 15) is 13.2 Å². The molecule has 0 unspecified atom stereocenters. The van der Waals surface area contributed by atoms with Crippen molar-refractivity contribution in [3.8, 4) is 0 Å². The number of hydrogen-bond donors (Lipinski definition) is 2. The summed E-state index contributed by atoms with van der Waals surface area (Å²) in [6, 6.07) is 21.5. The monoisotopic (exact) mass is 440 g/mol. The quantitative estimate of drug-likeness (QED) is 0.518. The van der Waals surface area contributed by atoms with Crippen LogP contribution in [0.3, 0.4) is 0 Å². The zero-order valence-electron chi connectivity index (χ0n) is 16.9. The molecule has 0 atom stereocenters. The number of aryl methyl sites for hydroxylation is 2. The summed E-state index contributed by atoms with van der Waals surface area (Å²) in [5.74, 6) is 0.957. The summed E-state index contributed by atoms with van der Waals surface area (Å²) in [6.07, 6.45) is 0. The van der Waals surface area contributed by atoms with Gasteiger partial charge in [-0.15, -0.1) is 11.8 Å². The molecule has 0 aromatic heterocycles. The lowest BCUT2D eigenvalue weighted by Crippen LogP contribution is -2.15. The number of anilines is 2. The average Bonchev–Trinajstić information content (AvgIpc) is 2.69. The van der Waals surface area contributed by atoms with E-state index < -0.39 is 10.0 Å². The number of rotatable bonds is 8. The van der Waals surface area contributed by atoms with Crippen molar-refractivity contribution in [1.82, 2.24) is 0 Å². The molecule has 5 nitrogen and oxygen atoms in total. The Bertz CT molecular complexity index is 1110. The van der Waals surface area contributed by atoms with E-state index in [0.29, 0.717) is 17.1 Å². The second kappa shape index (κ2) is 9.82. The molecule has 0 aliphatic rings. The van der Waals surface area contributed by atoms with Crippen molar-refractivity contribution in [2.45, 2.75) is 24.5 Å². The number of hydrogen-bond acceptors (Lipinski definition) is 4. The third-order valence-corrected chi connectivity index (χ3v) is 6.74. The van der Waals surface area contributed by atoms with Crippen LogP contribution in [0.2, 0.25) is 0 Å². The van der Waals surface area contributed by atoms with Crippen LogP contribution in [0.1, 0.15) is 16.7 Å². The molecule has 3 aromatic carbocycles. The fourth-order valence-electron chi connectivity index (χ4n) is 2.78. The van der Waals surface area contributed by atoms with Crippen molar-refractivity contribution in [1.29, 1.82) is 0 Å². The molecule has 30 heavy (non-hydrogen) atoms. The summed E-state index contributed by atoms with van der Waals surface area (Å²) < 4.78 is 27.6. The minimum absolute atomic E-state index is 0.124. The third-order valence-electron chi connectivity index (χ3n) is 4.34. The first-order chi connectivity index (χ1) is 14.3. The molecular weight excluding hydrogens is 416 g/mol. The van der Waals surface area contributed by atoms with Crippen molar-refractivity contribution in [2.24, 2.45) is 0 Å². The van der Waals surface area contributed by atoms with Gasteiger partial charge in [0, 0.05) is 17.1 Å². The molecule has 1 amide bonds. The maximum atomic E-state index is 12.5. The van der Waals surface area contributed by atoms with Gasteiger partial charge in [0.15, 0.2) is 0 Å². The lowest BCUT2D eigenvalue weighted by molar-refractivity contribution is -0.113. The van der Waals surface area contributed by atoms with Crippen molar-refractivity contribution in [2.75, 3.05) is 15.8 Å². The predicted molar refractivity (Wildman–Crippen MR) is 124 cm³/mol. The number of nitrogens with one attached hydrogen (secondary N) is 2.